The quantitative estimate of drug-likeness (QED) is 0.537. The lowest BCUT2D eigenvalue weighted by molar-refractivity contribution is -0.118. The molecule has 0 unspecified atom stereocenters. The highest BCUT2D eigenvalue weighted by molar-refractivity contribution is 8.01. The summed E-state index contributed by atoms with van der Waals surface area (Å²) < 4.78 is 0.813. The molecule has 0 atom stereocenters. The summed E-state index contributed by atoms with van der Waals surface area (Å²) in [6, 6.07) is 10.6. The number of anilines is 1. The second kappa shape index (κ2) is 9.52. The third kappa shape index (κ3) is 7.00. The van der Waals surface area contributed by atoms with Gasteiger partial charge >= 0.3 is 0 Å². The van der Waals surface area contributed by atoms with Gasteiger partial charge in [-0.05, 0) is 32.3 Å². The molecule has 0 aliphatic carbocycles. The Balaban J connectivity index is 1.60. The minimum Gasteiger partial charge on any atom is -0.358 e. The molecule has 1 aromatic carbocycles. The molecular formula is C16H22N4OS2. The summed E-state index contributed by atoms with van der Waals surface area (Å²) >= 11 is 2.90. The van der Waals surface area contributed by atoms with Crippen LogP contribution < -0.4 is 10.6 Å². The molecular weight excluding hydrogens is 328 g/mol. The van der Waals surface area contributed by atoms with Crippen molar-refractivity contribution in [2.45, 2.75) is 37.1 Å². The molecule has 0 saturated heterocycles. The van der Waals surface area contributed by atoms with E-state index in [1.54, 1.807) is 0 Å². The molecule has 0 aliphatic rings. The van der Waals surface area contributed by atoms with Crippen LogP contribution in [0.4, 0.5) is 5.13 Å². The maximum atomic E-state index is 11.8. The molecule has 23 heavy (non-hydrogen) atoms. The lowest BCUT2D eigenvalue weighted by atomic mass is 10.1. The maximum Gasteiger partial charge on any atom is 0.230 e. The number of hydrogen-bond acceptors (Lipinski definition) is 6. The van der Waals surface area contributed by atoms with Gasteiger partial charge in [0.2, 0.25) is 11.0 Å². The van der Waals surface area contributed by atoms with Crippen LogP contribution in [0.3, 0.4) is 0 Å². The number of amides is 1. The van der Waals surface area contributed by atoms with Crippen molar-refractivity contribution >= 4 is 34.1 Å². The van der Waals surface area contributed by atoms with E-state index in [2.05, 4.69) is 46.8 Å². The van der Waals surface area contributed by atoms with E-state index in [-0.39, 0.29) is 5.91 Å². The van der Waals surface area contributed by atoms with Crippen LogP contribution in [0.5, 0.6) is 0 Å². The highest BCUT2D eigenvalue weighted by Crippen LogP contribution is 2.25. The minimum atomic E-state index is 0.0385. The van der Waals surface area contributed by atoms with E-state index in [0.717, 1.165) is 22.3 Å². The van der Waals surface area contributed by atoms with Gasteiger partial charge in [-0.15, -0.1) is 10.2 Å². The number of rotatable bonds is 9. The number of benzene rings is 1. The van der Waals surface area contributed by atoms with Crippen LogP contribution in [0.2, 0.25) is 0 Å². The van der Waals surface area contributed by atoms with E-state index in [1.165, 1.54) is 28.7 Å². The Hall–Kier alpha value is -1.60. The molecule has 5 nitrogen and oxygen atoms in total. The lowest BCUT2D eigenvalue weighted by Gasteiger charge is -2.04. The molecule has 0 spiro atoms. The van der Waals surface area contributed by atoms with Crippen LogP contribution in [-0.4, -0.2) is 34.4 Å². The summed E-state index contributed by atoms with van der Waals surface area (Å²) in [6.45, 7) is 4.80. The molecule has 0 aliphatic heterocycles. The Morgan fingerprint density at radius 1 is 1.26 bits per heavy atom. The molecule has 0 bridgehead atoms. The fourth-order valence-electron chi connectivity index (χ4n) is 1.92. The van der Waals surface area contributed by atoms with Crippen LogP contribution in [0.25, 0.3) is 0 Å². The van der Waals surface area contributed by atoms with Crippen molar-refractivity contribution in [1.29, 1.82) is 0 Å². The van der Waals surface area contributed by atoms with Crippen molar-refractivity contribution in [1.82, 2.24) is 15.5 Å². The second-order valence-corrected chi connectivity index (χ2v) is 7.60. The summed E-state index contributed by atoms with van der Waals surface area (Å²) in [6.07, 6.45) is 1.93. The normalized spacial score (nSPS) is 10.7. The number of aromatic nitrogens is 2. The number of carbonyl (C=O) groups is 1. The zero-order valence-corrected chi connectivity index (χ0v) is 15.0. The molecule has 0 saturated carbocycles. The fourth-order valence-corrected chi connectivity index (χ4v) is 3.64. The van der Waals surface area contributed by atoms with Gasteiger partial charge in [0.1, 0.15) is 0 Å². The molecule has 0 radical (unpaired) electrons. The molecule has 2 rings (SSSR count). The zero-order chi connectivity index (χ0) is 16.5. The van der Waals surface area contributed by atoms with Crippen molar-refractivity contribution in [2.24, 2.45) is 0 Å². The Labute approximate surface area is 145 Å². The van der Waals surface area contributed by atoms with Crippen molar-refractivity contribution in [3.63, 3.8) is 0 Å². The number of carbonyl (C=O) groups excluding carboxylic acids is 1. The largest absolute Gasteiger partial charge is 0.358 e. The van der Waals surface area contributed by atoms with Gasteiger partial charge in [0.25, 0.3) is 0 Å². The van der Waals surface area contributed by atoms with Crippen LogP contribution in [0.15, 0.2) is 34.7 Å². The Morgan fingerprint density at radius 3 is 2.78 bits per heavy atom. The van der Waals surface area contributed by atoms with Gasteiger partial charge in [0.15, 0.2) is 4.34 Å². The molecule has 2 N–H and O–H groups in total. The molecule has 1 aromatic heterocycles. The van der Waals surface area contributed by atoms with E-state index in [1.807, 2.05) is 18.2 Å². The van der Waals surface area contributed by atoms with Crippen molar-refractivity contribution in [2.75, 3.05) is 17.6 Å². The highest BCUT2D eigenvalue weighted by atomic mass is 32.2. The number of thioether (sulfide) groups is 1. The summed E-state index contributed by atoms with van der Waals surface area (Å²) in [4.78, 5) is 11.8. The van der Waals surface area contributed by atoms with Gasteiger partial charge in [0, 0.05) is 12.6 Å². The zero-order valence-electron chi connectivity index (χ0n) is 13.4. The maximum absolute atomic E-state index is 11.8. The predicted octanol–water partition coefficient (Wildman–Crippen LogP) is 3.20. The first-order chi connectivity index (χ1) is 11.1. The smallest absolute Gasteiger partial charge is 0.230 e. The first-order valence-electron chi connectivity index (χ1n) is 7.67. The van der Waals surface area contributed by atoms with Gasteiger partial charge in [0.05, 0.1) is 5.75 Å². The first kappa shape index (κ1) is 17.7. The molecule has 1 amide bonds. The number of aryl methyl sites for hydroxylation is 1. The Kier molecular flexibility index (Phi) is 7.35. The van der Waals surface area contributed by atoms with Gasteiger partial charge in [-0.1, -0.05) is 53.4 Å². The number of hydrogen-bond donors (Lipinski definition) is 2. The molecule has 124 valence electrons. The molecule has 1 heterocycles. The Bertz CT molecular complexity index is 601. The average Bonchev–Trinajstić information content (AvgIpc) is 2.97. The molecule has 0 fully saturated rings. The molecule has 7 heteroatoms. The predicted molar refractivity (Wildman–Crippen MR) is 97.2 cm³/mol. The second-order valence-electron chi connectivity index (χ2n) is 5.40. The average molecular weight is 351 g/mol. The van der Waals surface area contributed by atoms with Crippen molar-refractivity contribution < 1.29 is 4.79 Å². The summed E-state index contributed by atoms with van der Waals surface area (Å²) in [5, 5.41) is 15.1. The monoisotopic (exact) mass is 350 g/mol. The topological polar surface area (TPSA) is 66.9 Å². The van der Waals surface area contributed by atoms with Crippen LogP contribution in [0, 0.1) is 0 Å². The number of nitrogens with one attached hydrogen (secondary N) is 2. The van der Waals surface area contributed by atoms with Crippen molar-refractivity contribution in [3.05, 3.63) is 35.9 Å². The third-order valence-corrected chi connectivity index (χ3v) is 4.94. The van der Waals surface area contributed by atoms with E-state index < -0.39 is 0 Å². The van der Waals surface area contributed by atoms with Crippen LogP contribution in [-0.2, 0) is 11.2 Å². The van der Waals surface area contributed by atoms with Gasteiger partial charge < -0.3 is 10.6 Å². The summed E-state index contributed by atoms with van der Waals surface area (Å²) in [5.74, 6) is 0.415. The summed E-state index contributed by atoms with van der Waals surface area (Å²) in [7, 11) is 0. The third-order valence-electron chi connectivity index (χ3n) is 2.95. The molecule has 2 aromatic rings. The van der Waals surface area contributed by atoms with Crippen LogP contribution in [0.1, 0.15) is 25.8 Å². The standard InChI is InChI=1S/C16H22N4OS2/c1-12(2)18-15-19-20-16(23-15)22-11-14(21)17-10-6-9-13-7-4-3-5-8-13/h3-5,7-8,12H,6,9-11H2,1-2H3,(H,17,21)(H,18,19). The highest BCUT2D eigenvalue weighted by Gasteiger charge is 2.08. The van der Waals surface area contributed by atoms with Gasteiger partial charge in [-0.25, -0.2) is 0 Å². The fraction of sp³-hybridized carbons (Fsp3) is 0.438. The van der Waals surface area contributed by atoms with Crippen molar-refractivity contribution in [3.8, 4) is 0 Å². The minimum absolute atomic E-state index is 0.0385. The van der Waals surface area contributed by atoms with E-state index in [9.17, 15) is 4.79 Å². The SMILES string of the molecule is CC(C)Nc1nnc(SCC(=O)NCCCc2ccccc2)s1. The number of nitrogens with zero attached hydrogens (tertiary/aromatic N) is 2. The Morgan fingerprint density at radius 2 is 2.04 bits per heavy atom. The van der Waals surface area contributed by atoms with E-state index in [0.29, 0.717) is 18.3 Å². The summed E-state index contributed by atoms with van der Waals surface area (Å²) in [5.41, 5.74) is 1.30. The van der Waals surface area contributed by atoms with Gasteiger partial charge in [-0.3, -0.25) is 4.79 Å². The first-order valence-corrected chi connectivity index (χ1v) is 9.47. The van der Waals surface area contributed by atoms with Crippen LogP contribution >= 0.6 is 23.1 Å². The van der Waals surface area contributed by atoms with Gasteiger partial charge in [-0.2, -0.15) is 0 Å². The lowest BCUT2D eigenvalue weighted by Crippen LogP contribution is -2.26. The van der Waals surface area contributed by atoms with E-state index in [4.69, 9.17) is 0 Å². The van der Waals surface area contributed by atoms with E-state index >= 15 is 0 Å².